The van der Waals surface area contributed by atoms with Crippen LogP contribution in [0.5, 0.6) is 5.75 Å². The highest BCUT2D eigenvalue weighted by Gasteiger charge is 2.11. The first-order valence-electron chi connectivity index (χ1n) is 7.47. The minimum absolute atomic E-state index is 0.355. The number of nitrogens with zero attached hydrogens (tertiary/aromatic N) is 2. The van der Waals surface area contributed by atoms with Gasteiger partial charge in [-0.25, -0.2) is 4.79 Å². The molecule has 0 N–H and O–H groups in total. The van der Waals surface area contributed by atoms with Crippen LogP contribution in [0, 0.1) is 0 Å². The van der Waals surface area contributed by atoms with E-state index in [1.807, 2.05) is 36.4 Å². The van der Waals surface area contributed by atoms with Crippen molar-refractivity contribution in [2.24, 2.45) is 0 Å². The van der Waals surface area contributed by atoms with E-state index >= 15 is 0 Å². The van der Waals surface area contributed by atoms with Crippen molar-refractivity contribution >= 4 is 17.7 Å². The van der Waals surface area contributed by atoms with Gasteiger partial charge in [0.25, 0.3) is 5.22 Å². The number of rotatable bonds is 6. The number of methoxy groups -OCH3 is 2. The molecular weight excluding hydrogens is 340 g/mol. The third-order valence-corrected chi connectivity index (χ3v) is 4.34. The molecule has 1 heterocycles. The van der Waals surface area contributed by atoms with Gasteiger partial charge in [-0.1, -0.05) is 23.9 Å². The van der Waals surface area contributed by atoms with Gasteiger partial charge in [0.1, 0.15) is 5.75 Å². The summed E-state index contributed by atoms with van der Waals surface area (Å²) in [6.45, 7) is 0. The smallest absolute Gasteiger partial charge is 0.337 e. The first-order chi connectivity index (χ1) is 12.2. The van der Waals surface area contributed by atoms with Gasteiger partial charge in [0, 0.05) is 11.3 Å². The molecule has 0 radical (unpaired) electrons. The lowest BCUT2D eigenvalue weighted by atomic mass is 10.1. The van der Waals surface area contributed by atoms with Gasteiger partial charge in [0.15, 0.2) is 0 Å². The van der Waals surface area contributed by atoms with Crippen LogP contribution < -0.4 is 4.74 Å². The fourth-order valence-electron chi connectivity index (χ4n) is 2.17. The summed E-state index contributed by atoms with van der Waals surface area (Å²) in [6.07, 6.45) is 0. The normalized spacial score (nSPS) is 10.5. The SMILES string of the molecule is COC(=O)c1cccc(CSc2nnc(-c3ccc(OC)cc3)o2)c1. The summed E-state index contributed by atoms with van der Waals surface area (Å²) < 4.78 is 15.5. The van der Waals surface area contributed by atoms with Crippen LogP contribution in [0.25, 0.3) is 11.5 Å². The Hall–Kier alpha value is -2.80. The summed E-state index contributed by atoms with van der Waals surface area (Å²) in [7, 11) is 2.98. The molecule has 0 amide bonds. The molecule has 3 rings (SSSR count). The van der Waals surface area contributed by atoms with Gasteiger partial charge in [0.2, 0.25) is 5.89 Å². The Kier molecular flexibility index (Phi) is 5.35. The molecular formula is C18H16N2O4S. The van der Waals surface area contributed by atoms with Crippen molar-refractivity contribution in [2.45, 2.75) is 11.0 Å². The Bertz CT molecular complexity index is 862. The molecule has 7 heteroatoms. The van der Waals surface area contributed by atoms with E-state index < -0.39 is 0 Å². The van der Waals surface area contributed by atoms with Crippen molar-refractivity contribution in [2.75, 3.05) is 14.2 Å². The molecule has 0 aliphatic carbocycles. The largest absolute Gasteiger partial charge is 0.497 e. The van der Waals surface area contributed by atoms with Crippen LogP contribution in [-0.4, -0.2) is 30.4 Å². The molecule has 2 aromatic carbocycles. The molecule has 25 heavy (non-hydrogen) atoms. The number of esters is 1. The number of hydrogen-bond acceptors (Lipinski definition) is 7. The number of hydrogen-bond donors (Lipinski definition) is 0. The Morgan fingerprint density at radius 3 is 2.64 bits per heavy atom. The van der Waals surface area contributed by atoms with Gasteiger partial charge in [0.05, 0.1) is 19.8 Å². The average Bonchev–Trinajstić information content (AvgIpc) is 3.15. The van der Waals surface area contributed by atoms with Gasteiger partial charge < -0.3 is 13.9 Å². The Morgan fingerprint density at radius 2 is 1.92 bits per heavy atom. The lowest BCUT2D eigenvalue weighted by molar-refractivity contribution is 0.0600. The summed E-state index contributed by atoms with van der Waals surface area (Å²) in [5.41, 5.74) is 2.31. The zero-order chi connectivity index (χ0) is 17.6. The maximum Gasteiger partial charge on any atom is 0.337 e. The maximum absolute atomic E-state index is 11.6. The van der Waals surface area contributed by atoms with E-state index in [0.717, 1.165) is 16.9 Å². The summed E-state index contributed by atoms with van der Waals surface area (Å²) in [4.78, 5) is 11.6. The van der Waals surface area contributed by atoms with Crippen molar-refractivity contribution in [1.82, 2.24) is 10.2 Å². The second-order valence-corrected chi connectivity index (χ2v) is 6.01. The van der Waals surface area contributed by atoms with Crippen molar-refractivity contribution < 1.29 is 18.7 Å². The number of thioether (sulfide) groups is 1. The van der Waals surface area contributed by atoms with Crippen molar-refractivity contribution in [3.8, 4) is 17.2 Å². The van der Waals surface area contributed by atoms with Crippen LogP contribution in [0.2, 0.25) is 0 Å². The predicted molar refractivity (Wildman–Crippen MR) is 93.6 cm³/mol. The highest BCUT2D eigenvalue weighted by molar-refractivity contribution is 7.98. The van der Waals surface area contributed by atoms with Crippen LogP contribution in [0.4, 0.5) is 0 Å². The van der Waals surface area contributed by atoms with Crippen LogP contribution in [-0.2, 0) is 10.5 Å². The van der Waals surface area contributed by atoms with E-state index in [1.54, 1.807) is 19.2 Å². The van der Waals surface area contributed by atoms with E-state index in [1.165, 1.54) is 18.9 Å². The number of aromatic nitrogens is 2. The molecule has 0 unspecified atom stereocenters. The Balaban J connectivity index is 1.66. The molecule has 3 aromatic rings. The Labute approximate surface area is 149 Å². The molecule has 128 valence electrons. The molecule has 0 aliphatic rings. The number of benzene rings is 2. The topological polar surface area (TPSA) is 74.5 Å². The van der Waals surface area contributed by atoms with Gasteiger partial charge in [-0.15, -0.1) is 10.2 Å². The van der Waals surface area contributed by atoms with Crippen molar-refractivity contribution in [1.29, 1.82) is 0 Å². The highest BCUT2D eigenvalue weighted by atomic mass is 32.2. The van der Waals surface area contributed by atoms with Gasteiger partial charge >= 0.3 is 5.97 Å². The monoisotopic (exact) mass is 356 g/mol. The fraction of sp³-hybridized carbons (Fsp3) is 0.167. The van der Waals surface area contributed by atoms with E-state index in [0.29, 0.717) is 22.4 Å². The van der Waals surface area contributed by atoms with E-state index in [9.17, 15) is 4.79 Å². The third kappa shape index (κ3) is 4.19. The standard InChI is InChI=1S/C18H16N2O4S/c1-22-15-8-6-13(7-9-15)16-19-20-18(24-16)25-11-12-4-3-5-14(10-12)17(21)23-2/h3-10H,11H2,1-2H3. The first-order valence-corrected chi connectivity index (χ1v) is 8.46. The minimum atomic E-state index is -0.355. The maximum atomic E-state index is 11.6. The van der Waals surface area contributed by atoms with Gasteiger partial charge in [-0.3, -0.25) is 0 Å². The van der Waals surface area contributed by atoms with Crippen LogP contribution in [0.1, 0.15) is 15.9 Å². The Morgan fingerprint density at radius 1 is 1.12 bits per heavy atom. The van der Waals surface area contributed by atoms with Crippen LogP contribution in [0.15, 0.2) is 58.2 Å². The molecule has 0 aliphatic heterocycles. The highest BCUT2D eigenvalue weighted by Crippen LogP contribution is 2.27. The second-order valence-electron chi connectivity index (χ2n) is 5.08. The lowest BCUT2D eigenvalue weighted by Gasteiger charge is -2.02. The second kappa shape index (κ2) is 7.85. The minimum Gasteiger partial charge on any atom is -0.497 e. The molecule has 0 saturated heterocycles. The summed E-state index contributed by atoms with van der Waals surface area (Å²) in [5.74, 6) is 1.47. The first kappa shape index (κ1) is 17.0. The van der Waals surface area contributed by atoms with E-state index in [4.69, 9.17) is 13.9 Å². The fourth-order valence-corrected chi connectivity index (χ4v) is 2.88. The van der Waals surface area contributed by atoms with Gasteiger partial charge in [-0.2, -0.15) is 0 Å². The zero-order valence-corrected chi connectivity index (χ0v) is 14.6. The average molecular weight is 356 g/mol. The van der Waals surface area contributed by atoms with E-state index in [-0.39, 0.29) is 5.97 Å². The summed E-state index contributed by atoms with van der Waals surface area (Å²) in [6, 6.07) is 14.7. The van der Waals surface area contributed by atoms with Gasteiger partial charge in [-0.05, 0) is 42.0 Å². The zero-order valence-electron chi connectivity index (χ0n) is 13.8. The summed E-state index contributed by atoms with van der Waals surface area (Å²) in [5, 5.41) is 8.58. The molecule has 1 aromatic heterocycles. The number of carbonyl (C=O) groups is 1. The molecule has 0 spiro atoms. The van der Waals surface area contributed by atoms with Crippen molar-refractivity contribution in [3.05, 3.63) is 59.7 Å². The lowest BCUT2D eigenvalue weighted by Crippen LogP contribution is -2.01. The van der Waals surface area contributed by atoms with Crippen LogP contribution >= 0.6 is 11.8 Å². The molecule has 0 saturated carbocycles. The quantitative estimate of drug-likeness (QED) is 0.491. The number of carbonyl (C=O) groups excluding carboxylic acids is 1. The van der Waals surface area contributed by atoms with Crippen molar-refractivity contribution in [3.63, 3.8) is 0 Å². The molecule has 0 bridgehead atoms. The molecule has 0 atom stereocenters. The number of ether oxygens (including phenoxy) is 2. The third-order valence-electron chi connectivity index (χ3n) is 3.45. The summed E-state index contributed by atoms with van der Waals surface area (Å²) >= 11 is 1.41. The molecule has 6 nitrogen and oxygen atoms in total. The predicted octanol–water partition coefficient (Wildman–Crippen LogP) is 3.82. The van der Waals surface area contributed by atoms with E-state index in [2.05, 4.69) is 10.2 Å². The van der Waals surface area contributed by atoms with Crippen LogP contribution in [0.3, 0.4) is 0 Å². The molecule has 0 fully saturated rings.